The number of hydrogen-bond donors (Lipinski definition) is 1. The molecule has 0 bridgehead atoms. The first-order chi connectivity index (χ1) is 19.8. The van der Waals surface area contributed by atoms with Crippen molar-refractivity contribution in [1.29, 1.82) is 0 Å². The summed E-state index contributed by atoms with van der Waals surface area (Å²) in [6.45, 7) is 0.605. The maximum absolute atomic E-state index is 13.7. The lowest BCUT2D eigenvalue weighted by Crippen LogP contribution is -2.61. The van der Waals surface area contributed by atoms with Gasteiger partial charge in [-0.25, -0.2) is 24.7 Å². The number of carbonyl (C=O) groups is 5. The Bertz CT molecular complexity index is 1370. The molecule has 0 aromatic heterocycles. The molecule has 1 N–H and O–H groups in total. The van der Waals surface area contributed by atoms with E-state index in [1.165, 1.54) is 0 Å². The van der Waals surface area contributed by atoms with Crippen LogP contribution in [0, 0.1) is 0 Å². The van der Waals surface area contributed by atoms with Gasteiger partial charge in [0.1, 0.15) is 19.8 Å². The molecule has 0 unspecified atom stereocenters. The summed E-state index contributed by atoms with van der Waals surface area (Å²) in [5.74, 6) is -1.88. The van der Waals surface area contributed by atoms with Crippen LogP contribution >= 0.6 is 0 Å². The first-order valence-corrected chi connectivity index (χ1v) is 12.8. The number of Topliss-reactive ketones (excluding diaryl/α,β-unsaturated/α-hetero) is 1. The summed E-state index contributed by atoms with van der Waals surface area (Å²) >= 11 is 0. The minimum absolute atomic E-state index is 0.102. The fraction of sp³-hybridized carbons (Fsp3) is 0.233. The molecule has 2 atom stereocenters. The molecule has 3 aromatic carbocycles. The summed E-state index contributed by atoms with van der Waals surface area (Å²) in [4.78, 5) is 66.0. The molecule has 0 aliphatic carbocycles. The van der Waals surface area contributed by atoms with Gasteiger partial charge in [0.15, 0.2) is 11.8 Å². The summed E-state index contributed by atoms with van der Waals surface area (Å²) in [6, 6.07) is 23.9. The average Bonchev–Trinajstić information content (AvgIpc) is 3.35. The van der Waals surface area contributed by atoms with Crippen LogP contribution in [-0.2, 0) is 43.4 Å². The molecule has 1 aliphatic rings. The normalized spacial score (nSPS) is 14.9. The summed E-state index contributed by atoms with van der Waals surface area (Å²) in [5.41, 5.74) is 4.29. The third kappa shape index (κ3) is 7.69. The third-order valence-corrected chi connectivity index (χ3v) is 6.22. The Morgan fingerprint density at radius 2 is 1.37 bits per heavy atom. The van der Waals surface area contributed by atoms with Crippen LogP contribution in [0.1, 0.15) is 23.6 Å². The van der Waals surface area contributed by atoms with Gasteiger partial charge in [-0.2, -0.15) is 5.01 Å². The number of hydrogen-bond acceptors (Lipinski definition) is 8. The number of hydrazine groups is 1. The van der Waals surface area contributed by atoms with Gasteiger partial charge in [0, 0.05) is 0 Å². The number of rotatable bonds is 9. The number of ketones is 1. The smallest absolute Gasteiger partial charge is 0.430 e. The van der Waals surface area contributed by atoms with Crippen LogP contribution in [0.3, 0.4) is 0 Å². The average molecular weight is 560 g/mol. The second-order valence-electron chi connectivity index (χ2n) is 9.23. The topological polar surface area (TPSA) is 132 Å². The van der Waals surface area contributed by atoms with Gasteiger partial charge in [-0.15, -0.1) is 0 Å². The lowest BCUT2D eigenvalue weighted by Gasteiger charge is -2.31. The van der Waals surface area contributed by atoms with Gasteiger partial charge in [-0.3, -0.25) is 9.59 Å². The van der Waals surface area contributed by atoms with Gasteiger partial charge in [0.2, 0.25) is 0 Å². The molecule has 3 aromatic rings. The Labute approximate surface area is 236 Å². The first kappa shape index (κ1) is 28.8. The number of imide groups is 1. The van der Waals surface area contributed by atoms with Crippen LogP contribution in [-0.4, -0.2) is 58.6 Å². The quantitative estimate of drug-likeness (QED) is 0.236. The highest BCUT2D eigenvalue weighted by molar-refractivity contribution is 6.10. The van der Waals surface area contributed by atoms with Crippen molar-refractivity contribution in [3.8, 4) is 0 Å². The maximum Gasteiger partial charge on any atom is 0.430 e. The monoisotopic (exact) mass is 559 g/mol. The molecular formula is C30H29N3O8. The van der Waals surface area contributed by atoms with Gasteiger partial charge in [-0.05, 0) is 30.0 Å². The fourth-order valence-corrected chi connectivity index (χ4v) is 4.22. The molecule has 4 amide bonds. The van der Waals surface area contributed by atoms with E-state index in [1.54, 1.807) is 60.7 Å². The minimum Gasteiger partial charge on any atom is -0.447 e. The molecule has 11 heteroatoms. The lowest BCUT2D eigenvalue weighted by atomic mass is 10.0. The number of benzene rings is 3. The Hall–Kier alpha value is -5.19. The van der Waals surface area contributed by atoms with Crippen molar-refractivity contribution >= 4 is 30.0 Å². The van der Waals surface area contributed by atoms with E-state index >= 15 is 0 Å². The molecule has 11 nitrogen and oxygen atoms in total. The van der Waals surface area contributed by atoms with E-state index in [4.69, 9.17) is 14.2 Å². The second kappa shape index (κ2) is 13.7. The van der Waals surface area contributed by atoms with Crippen LogP contribution in [0.2, 0.25) is 0 Å². The Morgan fingerprint density at radius 1 is 0.854 bits per heavy atom. The van der Waals surface area contributed by atoms with Crippen LogP contribution in [0.15, 0.2) is 91.0 Å². The molecule has 0 spiro atoms. The van der Waals surface area contributed by atoms with Crippen molar-refractivity contribution in [3.63, 3.8) is 0 Å². The Balaban J connectivity index is 1.56. The summed E-state index contributed by atoms with van der Waals surface area (Å²) < 4.78 is 15.6. The maximum atomic E-state index is 13.7. The molecule has 4 rings (SSSR count). The van der Waals surface area contributed by atoms with Gasteiger partial charge in [0.25, 0.3) is 5.91 Å². The molecule has 1 saturated heterocycles. The predicted octanol–water partition coefficient (Wildman–Crippen LogP) is 4.01. The van der Waals surface area contributed by atoms with Crippen molar-refractivity contribution in [2.24, 2.45) is 0 Å². The van der Waals surface area contributed by atoms with E-state index in [9.17, 15) is 24.0 Å². The number of amides is 4. The summed E-state index contributed by atoms with van der Waals surface area (Å²) in [7, 11) is 0. The fourth-order valence-electron chi connectivity index (χ4n) is 4.22. The zero-order valence-electron chi connectivity index (χ0n) is 22.3. The standard InChI is InChI=1S/C30H29N3O8/c1-21(34)26(27(35)32-25(20-41-29(32)37)17-22-11-5-2-6-12-22)33(30(38)40-19-24-15-9-4-10-16-24)31-28(36)39-18-23-13-7-3-8-14-23/h2-16,25-26H,17-20H2,1H3,(H,31,36)/t25-,26+/m0/s1. The number of cyclic esters (lactones) is 1. The number of carbonyl (C=O) groups excluding carboxylic acids is 5. The van der Waals surface area contributed by atoms with E-state index < -0.39 is 42.1 Å². The van der Waals surface area contributed by atoms with Crippen LogP contribution in [0.25, 0.3) is 0 Å². The van der Waals surface area contributed by atoms with Gasteiger partial charge < -0.3 is 14.2 Å². The molecule has 1 aliphatic heterocycles. The number of ether oxygens (including phenoxy) is 3. The van der Waals surface area contributed by atoms with Crippen molar-refractivity contribution in [2.75, 3.05) is 6.61 Å². The molecular weight excluding hydrogens is 530 g/mol. The highest BCUT2D eigenvalue weighted by Gasteiger charge is 2.46. The molecule has 1 heterocycles. The van der Waals surface area contributed by atoms with Crippen LogP contribution < -0.4 is 5.43 Å². The van der Waals surface area contributed by atoms with Crippen molar-refractivity contribution in [1.82, 2.24) is 15.3 Å². The van der Waals surface area contributed by atoms with E-state index in [0.29, 0.717) is 16.1 Å². The summed E-state index contributed by atoms with van der Waals surface area (Å²) in [5, 5.41) is 0.451. The van der Waals surface area contributed by atoms with Crippen molar-refractivity contribution in [3.05, 3.63) is 108 Å². The Kier molecular flexibility index (Phi) is 9.66. The first-order valence-electron chi connectivity index (χ1n) is 12.8. The highest BCUT2D eigenvalue weighted by atomic mass is 16.6. The molecule has 212 valence electrons. The van der Waals surface area contributed by atoms with E-state index in [2.05, 4.69) is 5.43 Å². The number of nitrogens with one attached hydrogen (secondary N) is 1. The van der Waals surface area contributed by atoms with Crippen molar-refractivity contribution in [2.45, 2.75) is 38.6 Å². The zero-order chi connectivity index (χ0) is 29.2. The Morgan fingerprint density at radius 3 is 1.90 bits per heavy atom. The SMILES string of the molecule is CC(=O)[C@H](C(=O)N1C(=O)OC[C@@H]1Cc1ccccc1)N(NC(=O)OCc1ccccc1)C(=O)OCc1ccccc1. The van der Waals surface area contributed by atoms with Gasteiger partial charge in [-0.1, -0.05) is 91.0 Å². The predicted molar refractivity (Wildman–Crippen MR) is 145 cm³/mol. The highest BCUT2D eigenvalue weighted by Crippen LogP contribution is 2.21. The van der Waals surface area contributed by atoms with E-state index in [1.807, 2.05) is 30.3 Å². The minimum atomic E-state index is -1.94. The molecule has 0 radical (unpaired) electrons. The van der Waals surface area contributed by atoms with E-state index in [-0.39, 0.29) is 26.2 Å². The third-order valence-electron chi connectivity index (χ3n) is 6.22. The van der Waals surface area contributed by atoms with Gasteiger partial charge >= 0.3 is 18.3 Å². The molecule has 1 fully saturated rings. The van der Waals surface area contributed by atoms with Crippen molar-refractivity contribution < 1.29 is 38.2 Å². The van der Waals surface area contributed by atoms with E-state index in [0.717, 1.165) is 17.4 Å². The summed E-state index contributed by atoms with van der Waals surface area (Å²) in [6.07, 6.45) is -3.03. The largest absolute Gasteiger partial charge is 0.447 e. The zero-order valence-corrected chi connectivity index (χ0v) is 22.3. The lowest BCUT2D eigenvalue weighted by molar-refractivity contribution is -0.141. The van der Waals surface area contributed by atoms with Gasteiger partial charge in [0.05, 0.1) is 6.04 Å². The molecule has 0 saturated carbocycles. The van der Waals surface area contributed by atoms with Crippen LogP contribution in [0.5, 0.6) is 0 Å². The van der Waals surface area contributed by atoms with Crippen LogP contribution in [0.4, 0.5) is 14.4 Å². The number of nitrogens with zero attached hydrogens (tertiary/aromatic N) is 2. The molecule has 41 heavy (non-hydrogen) atoms. The second-order valence-corrected chi connectivity index (χ2v) is 9.23.